The Hall–Kier alpha value is -3.30. The molecule has 9 nitrogen and oxygen atoms in total. The molecule has 0 bridgehead atoms. The molecule has 1 aromatic heterocycles. The van der Waals surface area contributed by atoms with Crippen molar-refractivity contribution < 1.29 is 14.6 Å². The number of aromatic amines is 1. The molecule has 0 unspecified atom stereocenters. The fourth-order valence-corrected chi connectivity index (χ4v) is 5.60. The van der Waals surface area contributed by atoms with Gasteiger partial charge in [-0.2, -0.15) is 5.10 Å². The SMILES string of the molecule is O=C(c1cc2c(NC3CCCC3)n[nH]c2cc1O)N1Cc2ccc(OCCN3CCNCC3)cc2C1. The van der Waals surface area contributed by atoms with Crippen LogP contribution in [0.5, 0.6) is 11.5 Å². The number of aromatic nitrogens is 2. The monoisotopic (exact) mass is 490 g/mol. The number of amides is 1. The molecule has 3 heterocycles. The van der Waals surface area contributed by atoms with Gasteiger partial charge in [0.2, 0.25) is 0 Å². The van der Waals surface area contributed by atoms with Crippen LogP contribution in [0.2, 0.25) is 0 Å². The van der Waals surface area contributed by atoms with E-state index < -0.39 is 0 Å². The Morgan fingerprint density at radius 2 is 1.92 bits per heavy atom. The third kappa shape index (κ3) is 4.73. The highest BCUT2D eigenvalue weighted by molar-refractivity contribution is 6.03. The Labute approximate surface area is 210 Å². The van der Waals surface area contributed by atoms with Crippen molar-refractivity contribution in [3.8, 4) is 11.5 Å². The molecule has 1 saturated carbocycles. The summed E-state index contributed by atoms with van der Waals surface area (Å²) >= 11 is 0. The van der Waals surface area contributed by atoms with Gasteiger partial charge in [0, 0.05) is 63.3 Å². The van der Waals surface area contributed by atoms with E-state index in [1.54, 1.807) is 17.0 Å². The van der Waals surface area contributed by atoms with Crippen LogP contribution in [0.15, 0.2) is 30.3 Å². The molecule has 6 rings (SSSR count). The number of carbonyl (C=O) groups is 1. The fraction of sp³-hybridized carbons (Fsp3) is 0.481. The van der Waals surface area contributed by atoms with Crippen molar-refractivity contribution in [3.05, 3.63) is 47.0 Å². The van der Waals surface area contributed by atoms with Gasteiger partial charge in [-0.05, 0) is 42.2 Å². The standard InChI is InChI=1S/C27H34N6O3/c34-25-15-24-22(26(31-30-24)29-20-3-1-2-4-20)14-23(25)27(35)33-16-18-5-6-21(13-19(18)17-33)36-12-11-32-9-7-28-8-10-32/h5-6,13-15,20,28,34H,1-4,7-12,16-17H2,(H2,29,30,31). The summed E-state index contributed by atoms with van der Waals surface area (Å²) in [5, 5.41) is 25.7. The van der Waals surface area contributed by atoms with Gasteiger partial charge in [0.1, 0.15) is 18.1 Å². The molecule has 2 fully saturated rings. The molecule has 3 aromatic rings. The number of anilines is 1. The number of fused-ring (bicyclic) bond motifs is 2. The molecule has 0 radical (unpaired) electrons. The maximum absolute atomic E-state index is 13.5. The van der Waals surface area contributed by atoms with Crippen LogP contribution >= 0.6 is 0 Å². The van der Waals surface area contributed by atoms with E-state index in [1.807, 2.05) is 18.2 Å². The molecule has 1 amide bonds. The van der Waals surface area contributed by atoms with Crippen LogP contribution in [0.4, 0.5) is 5.82 Å². The number of hydrogen-bond donors (Lipinski definition) is 4. The van der Waals surface area contributed by atoms with Gasteiger partial charge in [0.05, 0.1) is 11.1 Å². The molecule has 0 spiro atoms. The first-order valence-corrected chi connectivity index (χ1v) is 13.1. The minimum absolute atomic E-state index is 0.0311. The summed E-state index contributed by atoms with van der Waals surface area (Å²) in [5.74, 6) is 1.37. The zero-order valence-electron chi connectivity index (χ0n) is 20.6. The number of H-pyrrole nitrogens is 1. The van der Waals surface area contributed by atoms with E-state index in [-0.39, 0.29) is 11.7 Å². The minimum atomic E-state index is -0.181. The largest absolute Gasteiger partial charge is 0.507 e. The first-order valence-electron chi connectivity index (χ1n) is 13.1. The molecule has 4 N–H and O–H groups in total. The first kappa shape index (κ1) is 23.1. The van der Waals surface area contributed by atoms with Crippen molar-refractivity contribution in [2.45, 2.75) is 44.8 Å². The van der Waals surface area contributed by atoms with E-state index in [1.165, 1.54) is 12.8 Å². The second-order valence-electron chi connectivity index (χ2n) is 10.1. The summed E-state index contributed by atoms with van der Waals surface area (Å²) in [5.41, 5.74) is 3.23. The van der Waals surface area contributed by atoms with Gasteiger partial charge in [-0.25, -0.2) is 0 Å². The normalized spacial score (nSPS) is 18.6. The Morgan fingerprint density at radius 1 is 1.11 bits per heavy atom. The Kier molecular flexibility index (Phi) is 6.41. The molecule has 3 aliphatic rings. The number of hydrogen-bond acceptors (Lipinski definition) is 7. The van der Waals surface area contributed by atoms with E-state index in [0.29, 0.717) is 31.3 Å². The van der Waals surface area contributed by atoms with E-state index >= 15 is 0 Å². The van der Waals surface area contributed by atoms with Crippen LogP contribution in [-0.2, 0) is 13.1 Å². The van der Waals surface area contributed by atoms with Crippen molar-refractivity contribution in [1.82, 2.24) is 25.3 Å². The van der Waals surface area contributed by atoms with Crippen molar-refractivity contribution in [1.29, 1.82) is 0 Å². The predicted octanol–water partition coefficient (Wildman–Crippen LogP) is 3.06. The Morgan fingerprint density at radius 3 is 2.75 bits per heavy atom. The lowest BCUT2D eigenvalue weighted by atomic mass is 10.1. The van der Waals surface area contributed by atoms with Gasteiger partial charge < -0.3 is 25.4 Å². The van der Waals surface area contributed by atoms with Gasteiger partial charge in [0.25, 0.3) is 5.91 Å². The van der Waals surface area contributed by atoms with Gasteiger partial charge in [-0.3, -0.25) is 14.8 Å². The third-order valence-corrected chi connectivity index (χ3v) is 7.68. The number of phenols is 1. The summed E-state index contributed by atoms with van der Waals surface area (Å²) in [7, 11) is 0. The highest BCUT2D eigenvalue weighted by Crippen LogP contribution is 2.33. The molecule has 0 atom stereocenters. The first-order chi connectivity index (χ1) is 17.6. The zero-order chi connectivity index (χ0) is 24.5. The fourth-order valence-electron chi connectivity index (χ4n) is 5.60. The van der Waals surface area contributed by atoms with Crippen molar-refractivity contribution in [2.75, 3.05) is 44.6 Å². The number of rotatable bonds is 7. The molecule has 190 valence electrons. The third-order valence-electron chi connectivity index (χ3n) is 7.68. The molecular formula is C27H34N6O3. The van der Waals surface area contributed by atoms with Crippen molar-refractivity contribution in [2.24, 2.45) is 0 Å². The Bertz CT molecular complexity index is 1250. The highest BCUT2D eigenvalue weighted by atomic mass is 16.5. The molecule has 1 saturated heterocycles. The van der Waals surface area contributed by atoms with Crippen LogP contribution in [0, 0.1) is 0 Å². The summed E-state index contributed by atoms with van der Waals surface area (Å²) < 4.78 is 6.02. The average molecular weight is 491 g/mol. The number of benzene rings is 2. The van der Waals surface area contributed by atoms with Crippen molar-refractivity contribution >= 4 is 22.6 Å². The lowest BCUT2D eigenvalue weighted by molar-refractivity contribution is 0.0748. The van der Waals surface area contributed by atoms with Crippen LogP contribution < -0.4 is 15.4 Å². The number of piperazine rings is 1. The molecule has 36 heavy (non-hydrogen) atoms. The van der Waals surface area contributed by atoms with Crippen LogP contribution in [0.25, 0.3) is 10.9 Å². The summed E-state index contributed by atoms with van der Waals surface area (Å²) in [4.78, 5) is 17.6. The number of nitrogens with zero attached hydrogens (tertiary/aromatic N) is 3. The molecule has 1 aliphatic carbocycles. The van der Waals surface area contributed by atoms with Gasteiger partial charge >= 0.3 is 0 Å². The molecular weight excluding hydrogens is 456 g/mol. The molecule has 9 heteroatoms. The number of phenolic OH excluding ortho intramolecular Hbond substituents is 1. The van der Waals surface area contributed by atoms with E-state index in [0.717, 1.165) is 79.2 Å². The van der Waals surface area contributed by atoms with Crippen molar-refractivity contribution in [3.63, 3.8) is 0 Å². The predicted molar refractivity (Wildman–Crippen MR) is 138 cm³/mol. The van der Waals surface area contributed by atoms with Crippen LogP contribution in [-0.4, -0.2) is 76.4 Å². The number of ether oxygens (including phenoxy) is 1. The zero-order valence-corrected chi connectivity index (χ0v) is 20.6. The van der Waals surface area contributed by atoms with Gasteiger partial charge in [-0.15, -0.1) is 0 Å². The van der Waals surface area contributed by atoms with E-state index in [2.05, 4.69) is 25.7 Å². The second kappa shape index (κ2) is 9.99. The van der Waals surface area contributed by atoms with Crippen LogP contribution in [0.1, 0.15) is 47.2 Å². The van der Waals surface area contributed by atoms with Crippen LogP contribution in [0.3, 0.4) is 0 Å². The smallest absolute Gasteiger partial charge is 0.258 e. The lowest BCUT2D eigenvalue weighted by Crippen LogP contribution is -2.44. The lowest BCUT2D eigenvalue weighted by Gasteiger charge is -2.26. The second-order valence-corrected chi connectivity index (χ2v) is 10.1. The Balaban J connectivity index is 1.13. The topological polar surface area (TPSA) is 106 Å². The van der Waals surface area contributed by atoms with Gasteiger partial charge in [-0.1, -0.05) is 18.9 Å². The number of aromatic hydroxyl groups is 1. The maximum Gasteiger partial charge on any atom is 0.258 e. The summed E-state index contributed by atoms with van der Waals surface area (Å²) in [6.45, 7) is 6.76. The molecule has 2 aliphatic heterocycles. The maximum atomic E-state index is 13.5. The minimum Gasteiger partial charge on any atom is -0.507 e. The average Bonchev–Trinajstić information content (AvgIpc) is 3.64. The number of nitrogens with one attached hydrogen (secondary N) is 3. The van der Waals surface area contributed by atoms with Gasteiger partial charge in [0.15, 0.2) is 5.82 Å². The molecule has 2 aromatic carbocycles. The summed E-state index contributed by atoms with van der Waals surface area (Å²) in [6.07, 6.45) is 4.71. The van der Waals surface area contributed by atoms with E-state index in [4.69, 9.17) is 4.74 Å². The number of carbonyl (C=O) groups excluding carboxylic acids is 1. The quantitative estimate of drug-likeness (QED) is 0.403. The summed E-state index contributed by atoms with van der Waals surface area (Å²) in [6, 6.07) is 9.85. The highest BCUT2D eigenvalue weighted by Gasteiger charge is 2.27. The van der Waals surface area contributed by atoms with E-state index in [9.17, 15) is 9.90 Å².